The molecule has 0 aliphatic rings. The van der Waals surface area contributed by atoms with Gasteiger partial charge in [-0.25, -0.2) is 8.78 Å². The van der Waals surface area contributed by atoms with Gasteiger partial charge in [0.1, 0.15) is 21.9 Å². The summed E-state index contributed by atoms with van der Waals surface area (Å²) in [4.78, 5) is 0. The molecule has 0 aromatic heterocycles. The van der Waals surface area contributed by atoms with E-state index in [-0.39, 0.29) is 5.56 Å². The predicted molar refractivity (Wildman–Crippen MR) is 74.3 cm³/mol. The Morgan fingerprint density at radius 1 is 1.44 bits per heavy atom. The van der Waals surface area contributed by atoms with Crippen LogP contribution in [0.3, 0.4) is 0 Å². The zero-order valence-electron chi connectivity index (χ0n) is 10.3. The minimum atomic E-state index is -1.71. The van der Waals surface area contributed by atoms with Crippen molar-refractivity contribution in [2.45, 2.75) is 31.7 Å². The standard InChI is InChI=1S/C12H14BrF2NOS/c1-12(2,3)18(17)16-7-11(15)9-6-8(13)4-5-10(9)14/h4-7,11H,1-3H3. The second-order valence-corrected chi connectivity index (χ2v) is 7.53. The van der Waals surface area contributed by atoms with Crippen LogP contribution in [0.15, 0.2) is 27.1 Å². The molecule has 0 saturated heterocycles. The Labute approximate surface area is 117 Å². The lowest BCUT2D eigenvalue weighted by molar-refractivity contribution is 0.428. The summed E-state index contributed by atoms with van der Waals surface area (Å²) in [5.74, 6) is -0.654. The summed E-state index contributed by atoms with van der Waals surface area (Å²) in [5, 5.41) is 0. The molecule has 2 unspecified atom stereocenters. The molecule has 0 heterocycles. The van der Waals surface area contributed by atoms with Crippen molar-refractivity contribution in [1.82, 2.24) is 0 Å². The van der Waals surface area contributed by atoms with Crippen molar-refractivity contribution < 1.29 is 13.3 Å². The monoisotopic (exact) mass is 337 g/mol. The van der Waals surface area contributed by atoms with Crippen LogP contribution in [-0.4, -0.2) is 15.5 Å². The molecule has 1 rings (SSSR count). The lowest BCUT2D eigenvalue weighted by Gasteiger charge is -2.18. The highest BCUT2D eigenvalue weighted by Crippen LogP contribution is 2.24. The summed E-state index contributed by atoms with van der Waals surface area (Å²) in [7, 11) is 0. The van der Waals surface area contributed by atoms with Gasteiger partial charge in [0.15, 0.2) is 6.17 Å². The van der Waals surface area contributed by atoms with Crippen LogP contribution in [0, 0.1) is 5.82 Å². The fourth-order valence-electron chi connectivity index (χ4n) is 1.07. The SMILES string of the molecule is CC(C)(C)[S+]([O-])N=CC(F)c1cc(Br)ccc1F. The molecular formula is C12H14BrF2NOS. The van der Waals surface area contributed by atoms with Crippen LogP contribution in [0.5, 0.6) is 0 Å². The second-order valence-electron chi connectivity index (χ2n) is 4.68. The van der Waals surface area contributed by atoms with Gasteiger partial charge in [-0.1, -0.05) is 20.3 Å². The Balaban J connectivity index is 2.85. The molecule has 0 bridgehead atoms. The number of alkyl halides is 1. The highest BCUT2D eigenvalue weighted by molar-refractivity contribution is 9.10. The lowest BCUT2D eigenvalue weighted by Crippen LogP contribution is -2.26. The van der Waals surface area contributed by atoms with Gasteiger partial charge in [0.2, 0.25) is 0 Å². The smallest absolute Gasteiger partial charge is 0.167 e. The van der Waals surface area contributed by atoms with Crippen molar-refractivity contribution in [3.63, 3.8) is 0 Å². The quantitative estimate of drug-likeness (QED) is 0.603. The number of hydrogen-bond donors (Lipinski definition) is 0. The molecule has 18 heavy (non-hydrogen) atoms. The summed E-state index contributed by atoms with van der Waals surface area (Å²) in [6.45, 7) is 5.19. The largest absolute Gasteiger partial charge is 0.591 e. The first-order chi connectivity index (χ1) is 8.21. The van der Waals surface area contributed by atoms with E-state index >= 15 is 0 Å². The number of hydrogen-bond acceptors (Lipinski definition) is 2. The maximum absolute atomic E-state index is 13.8. The number of nitrogens with zero attached hydrogens (tertiary/aromatic N) is 1. The topological polar surface area (TPSA) is 35.4 Å². The number of halogens is 3. The minimum Gasteiger partial charge on any atom is -0.591 e. The summed E-state index contributed by atoms with van der Waals surface area (Å²) >= 11 is 1.59. The van der Waals surface area contributed by atoms with Crippen molar-refractivity contribution in [2.24, 2.45) is 4.40 Å². The molecule has 2 nitrogen and oxygen atoms in total. The van der Waals surface area contributed by atoms with Gasteiger partial charge in [0, 0.05) is 10.0 Å². The zero-order valence-corrected chi connectivity index (χ0v) is 12.7. The van der Waals surface area contributed by atoms with Gasteiger partial charge < -0.3 is 4.55 Å². The summed E-state index contributed by atoms with van der Waals surface area (Å²) in [6, 6.07) is 3.99. The first-order valence-corrected chi connectivity index (χ1v) is 7.17. The Morgan fingerprint density at radius 3 is 2.61 bits per heavy atom. The fourth-order valence-corrected chi connectivity index (χ4v) is 1.99. The van der Waals surface area contributed by atoms with Crippen LogP contribution in [0.4, 0.5) is 8.78 Å². The first-order valence-electron chi connectivity index (χ1n) is 5.27. The number of benzene rings is 1. The van der Waals surface area contributed by atoms with Crippen molar-refractivity contribution in [2.75, 3.05) is 0 Å². The second kappa shape index (κ2) is 6.12. The van der Waals surface area contributed by atoms with E-state index in [0.717, 1.165) is 6.21 Å². The van der Waals surface area contributed by atoms with Crippen molar-refractivity contribution >= 4 is 33.5 Å². The maximum atomic E-state index is 13.8. The molecule has 0 N–H and O–H groups in total. The molecule has 0 radical (unpaired) electrons. The predicted octanol–water partition coefficient (Wildman–Crippen LogP) is 4.13. The third-order valence-electron chi connectivity index (χ3n) is 2.07. The van der Waals surface area contributed by atoms with Crippen molar-refractivity contribution in [1.29, 1.82) is 0 Å². The van der Waals surface area contributed by atoms with Crippen molar-refractivity contribution in [3.8, 4) is 0 Å². The Kier molecular flexibility index (Phi) is 5.31. The molecule has 1 aromatic rings. The lowest BCUT2D eigenvalue weighted by atomic mass is 10.1. The normalized spacial score (nSPS) is 15.9. The average molecular weight is 338 g/mol. The molecule has 0 spiro atoms. The third-order valence-corrected chi connectivity index (χ3v) is 3.92. The van der Waals surface area contributed by atoms with Crippen LogP contribution in [-0.2, 0) is 11.4 Å². The van der Waals surface area contributed by atoms with E-state index in [1.807, 2.05) is 0 Å². The molecule has 0 aliphatic carbocycles. The summed E-state index contributed by atoms with van der Waals surface area (Å²) < 4.78 is 42.4. The average Bonchev–Trinajstić information content (AvgIpc) is 2.27. The molecule has 0 aliphatic heterocycles. The molecule has 2 atom stereocenters. The molecule has 0 amide bonds. The molecular weight excluding hydrogens is 324 g/mol. The zero-order chi connectivity index (χ0) is 13.9. The summed E-state index contributed by atoms with van der Waals surface area (Å²) in [6.07, 6.45) is -0.833. The highest BCUT2D eigenvalue weighted by Gasteiger charge is 2.26. The maximum Gasteiger partial charge on any atom is 0.167 e. The van der Waals surface area contributed by atoms with Crippen LogP contribution in [0.25, 0.3) is 0 Å². The third kappa shape index (κ3) is 4.33. The van der Waals surface area contributed by atoms with E-state index in [0.29, 0.717) is 4.47 Å². The Hall–Kier alpha value is -0.460. The van der Waals surface area contributed by atoms with Gasteiger partial charge in [-0.3, -0.25) is 0 Å². The summed E-state index contributed by atoms with van der Waals surface area (Å²) in [5.41, 5.74) is -0.126. The Morgan fingerprint density at radius 2 is 2.06 bits per heavy atom. The van der Waals surface area contributed by atoms with Crippen LogP contribution in [0.2, 0.25) is 0 Å². The van der Waals surface area contributed by atoms with E-state index in [1.54, 1.807) is 20.8 Å². The minimum absolute atomic E-state index is 0.126. The highest BCUT2D eigenvalue weighted by atomic mass is 79.9. The Bertz CT molecular complexity index is 448. The molecule has 100 valence electrons. The van der Waals surface area contributed by atoms with Gasteiger partial charge in [0.25, 0.3) is 0 Å². The molecule has 0 saturated carbocycles. The van der Waals surface area contributed by atoms with E-state index in [4.69, 9.17) is 0 Å². The van der Waals surface area contributed by atoms with Crippen LogP contribution in [0.1, 0.15) is 32.5 Å². The van der Waals surface area contributed by atoms with E-state index < -0.39 is 28.1 Å². The molecule has 6 heteroatoms. The van der Waals surface area contributed by atoms with E-state index in [1.165, 1.54) is 18.2 Å². The van der Waals surface area contributed by atoms with E-state index in [2.05, 4.69) is 20.3 Å². The van der Waals surface area contributed by atoms with Gasteiger partial charge in [-0.2, -0.15) is 0 Å². The number of rotatable bonds is 3. The van der Waals surface area contributed by atoms with Crippen molar-refractivity contribution in [3.05, 3.63) is 34.1 Å². The van der Waals surface area contributed by atoms with Gasteiger partial charge in [-0.05, 0) is 39.0 Å². The molecule has 0 fully saturated rings. The van der Waals surface area contributed by atoms with Crippen LogP contribution >= 0.6 is 15.9 Å². The van der Waals surface area contributed by atoms with E-state index in [9.17, 15) is 13.3 Å². The fraction of sp³-hybridized carbons (Fsp3) is 0.417. The van der Waals surface area contributed by atoms with Gasteiger partial charge >= 0.3 is 0 Å². The van der Waals surface area contributed by atoms with Crippen LogP contribution < -0.4 is 0 Å². The van der Waals surface area contributed by atoms with Gasteiger partial charge in [0.05, 0.1) is 6.21 Å². The van der Waals surface area contributed by atoms with Gasteiger partial charge in [-0.15, -0.1) is 0 Å². The first kappa shape index (κ1) is 15.6. The molecule has 1 aromatic carbocycles.